The molecule has 29 heavy (non-hydrogen) atoms. The zero-order valence-electron chi connectivity index (χ0n) is 16.3. The third-order valence-electron chi connectivity index (χ3n) is 5.50. The van der Waals surface area contributed by atoms with Gasteiger partial charge in [0.25, 0.3) is 0 Å². The largest absolute Gasteiger partial charge is 0.368 e. The molecule has 0 saturated heterocycles. The fourth-order valence-electron chi connectivity index (χ4n) is 4.00. The monoisotopic (exact) mass is 378 g/mol. The predicted octanol–water partition coefficient (Wildman–Crippen LogP) is 5.23. The highest BCUT2D eigenvalue weighted by molar-refractivity contribution is 6.02. The number of rotatable bonds is 3. The molecule has 0 bridgehead atoms. The first-order valence-corrected chi connectivity index (χ1v) is 9.84. The molecule has 0 aliphatic carbocycles. The summed E-state index contributed by atoms with van der Waals surface area (Å²) in [6.07, 6.45) is 0.804. The van der Waals surface area contributed by atoms with E-state index in [2.05, 4.69) is 67.6 Å². The van der Waals surface area contributed by atoms with Gasteiger partial charge in [0.05, 0.1) is 17.1 Å². The molecule has 1 atom stereocenters. The number of nitrogens with zero attached hydrogens (tertiary/aromatic N) is 3. The second kappa shape index (κ2) is 7.06. The van der Waals surface area contributed by atoms with Gasteiger partial charge in [0.1, 0.15) is 0 Å². The number of anilines is 1. The topological polar surface area (TPSA) is 56.2 Å². The summed E-state index contributed by atoms with van der Waals surface area (Å²) in [7, 11) is 0. The molecule has 1 aliphatic heterocycles. The standard InChI is InChI=1S/C25H22N4/c1-17-12-14-20(15-13-17)23-24-21(18-8-4-2-5-9-18)16-22(19-10-6-3-7-11-19)28-29(24)25(26)27-23/h2-15,21H,16H2,1H3,(H2,26,27). The fraction of sp³-hybridized carbons (Fsp3) is 0.120. The van der Waals surface area contributed by atoms with Crippen LogP contribution in [0.5, 0.6) is 0 Å². The van der Waals surface area contributed by atoms with E-state index >= 15 is 0 Å². The van der Waals surface area contributed by atoms with E-state index in [1.165, 1.54) is 11.1 Å². The highest BCUT2D eigenvalue weighted by atomic mass is 15.4. The van der Waals surface area contributed by atoms with Crippen LogP contribution in [0.1, 0.15) is 34.7 Å². The van der Waals surface area contributed by atoms with Crippen molar-refractivity contribution in [3.05, 3.63) is 107 Å². The van der Waals surface area contributed by atoms with Gasteiger partial charge < -0.3 is 5.73 Å². The highest BCUT2D eigenvalue weighted by Gasteiger charge is 2.31. The molecular formula is C25H22N4. The van der Waals surface area contributed by atoms with Gasteiger partial charge in [0, 0.05) is 17.9 Å². The molecule has 2 N–H and O–H groups in total. The van der Waals surface area contributed by atoms with Crippen molar-refractivity contribution in [2.75, 3.05) is 5.73 Å². The van der Waals surface area contributed by atoms with E-state index in [4.69, 9.17) is 15.8 Å². The van der Waals surface area contributed by atoms with Crippen molar-refractivity contribution >= 4 is 11.7 Å². The van der Waals surface area contributed by atoms with Crippen molar-refractivity contribution in [1.29, 1.82) is 0 Å². The van der Waals surface area contributed by atoms with Crippen molar-refractivity contribution in [2.45, 2.75) is 19.3 Å². The van der Waals surface area contributed by atoms with E-state index < -0.39 is 0 Å². The van der Waals surface area contributed by atoms with Crippen LogP contribution in [-0.2, 0) is 0 Å². The Morgan fingerprint density at radius 1 is 0.828 bits per heavy atom. The molecule has 5 rings (SSSR count). The zero-order valence-corrected chi connectivity index (χ0v) is 16.3. The minimum absolute atomic E-state index is 0.130. The third-order valence-corrected chi connectivity index (χ3v) is 5.50. The van der Waals surface area contributed by atoms with Gasteiger partial charge in [-0.2, -0.15) is 5.10 Å². The number of aromatic nitrogens is 2. The Morgan fingerprint density at radius 2 is 1.48 bits per heavy atom. The summed E-state index contributed by atoms with van der Waals surface area (Å²) in [5.41, 5.74) is 14.0. The first-order valence-electron chi connectivity index (χ1n) is 9.84. The molecule has 0 radical (unpaired) electrons. The summed E-state index contributed by atoms with van der Waals surface area (Å²) in [6, 6.07) is 29.3. The average Bonchev–Trinajstić information content (AvgIpc) is 3.11. The van der Waals surface area contributed by atoms with Crippen molar-refractivity contribution in [3.8, 4) is 11.3 Å². The number of nitrogens with two attached hydrogens (primary N) is 1. The number of nitrogen functional groups attached to an aromatic ring is 1. The summed E-state index contributed by atoms with van der Waals surface area (Å²) in [5, 5.41) is 4.90. The van der Waals surface area contributed by atoms with Gasteiger partial charge in [-0.3, -0.25) is 0 Å². The smallest absolute Gasteiger partial charge is 0.222 e. The number of benzene rings is 3. The van der Waals surface area contributed by atoms with Crippen LogP contribution >= 0.6 is 0 Å². The lowest BCUT2D eigenvalue weighted by molar-refractivity contribution is 0.696. The Kier molecular flexibility index (Phi) is 4.24. The molecule has 142 valence electrons. The molecule has 0 amide bonds. The summed E-state index contributed by atoms with van der Waals surface area (Å²) in [6.45, 7) is 2.09. The first-order chi connectivity index (χ1) is 14.2. The molecule has 4 heteroatoms. The van der Waals surface area contributed by atoms with Crippen LogP contribution in [0, 0.1) is 6.92 Å². The van der Waals surface area contributed by atoms with Crippen molar-refractivity contribution in [3.63, 3.8) is 0 Å². The minimum atomic E-state index is 0.130. The van der Waals surface area contributed by atoms with Gasteiger partial charge >= 0.3 is 0 Å². The number of hydrogen-bond acceptors (Lipinski definition) is 3. The van der Waals surface area contributed by atoms with E-state index in [9.17, 15) is 0 Å². The summed E-state index contributed by atoms with van der Waals surface area (Å²) >= 11 is 0. The number of hydrogen-bond donors (Lipinski definition) is 1. The lowest BCUT2D eigenvalue weighted by Gasteiger charge is -2.25. The van der Waals surface area contributed by atoms with E-state index in [1.54, 1.807) is 0 Å². The van der Waals surface area contributed by atoms with Gasteiger partial charge in [-0.15, -0.1) is 0 Å². The maximum atomic E-state index is 6.35. The van der Waals surface area contributed by atoms with Gasteiger partial charge in [0.2, 0.25) is 5.95 Å². The normalized spacial score (nSPS) is 15.6. The van der Waals surface area contributed by atoms with Crippen molar-refractivity contribution in [2.24, 2.45) is 5.10 Å². The molecule has 0 saturated carbocycles. The highest BCUT2D eigenvalue weighted by Crippen LogP contribution is 2.40. The van der Waals surface area contributed by atoms with Crippen LogP contribution in [0.4, 0.5) is 5.95 Å². The van der Waals surface area contributed by atoms with Gasteiger partial charge in [0.15, 0.2) is 0 Å². The van der Waals surface area contributed by atoms with Gasteiger partial charge in [-0.1, -0.05) is 90.5 Å². The Morgan fingerprint density at radius 3 is 2.17 bits per heavy atom. The van der Waals surface area contributed by atoms with E-state index in [0.29, 0.717) is 5.95 Å². The first kappa shape index (κ1) is 17.4. The van der Waals surface area contributed by atoms with Crippen molar-refractivity contribution < 1.29 is 0 Å². The van der Waals surface area contributed by atoms with Gasteiger partial charge in [-0.25, -0.2) is 9.66 Å². The van der Waals surface area contributed by atoms with Gasteiger partial charge in [-0.05, 0) is 18.1 Å². The quantitative estimate of drug-likeness (QED) is 0.531. The lowest BCUT2D eigenvalue weighted by atomic mass is 9.86. The Labute approximate surface area is 170 Å². The van der Waals surface area contributed by atoms with Crippen LogP contribution in [0.15, 0.2) is 90.0 Å². The minimum Gasteiger partial charge on any atom is -0.368 e. The molecule has 4 nitrogen and oxygen atoms in total. The van der Waals surface area contributed by atoms with E-state index in [-0.39, 0.29) is 5.92 Å². The number of fused-ring (bicyclic) bond motifs is 1. The molecule has 2 heterocycles. The fourth-order valence-corrected chi connectivity index (χ4v) is 4.00. The molecular weight excluding hydrogens is 356 g/mol. The summed E-state index contributed by atoms with van der Waals surface area (Å²) < 4.78 is 1.83. The molecule has 1 unspecified atom stereocenters. The maximum absolute atomic E-state index is 6.35. The molecule has 4 aromatic rings. The molecule has 0 spiro atoms. The molecule has 1 aliphatic rings. The Bertz CT molecular complexity index is 1170. The number of imidazole rings is 1. The molecule has 0 fully saturated rings. The molecule has 1 aromatic heterocycles. The van der Waals surface area contributed by atoms with Crippen LogP contribution in [0.2, 0.25) is 0 Å². The summed E-state index contributed by atoms with van der Waals surface area (Å²) in [4.78, 5) is 4.73. The van der Waals surface area contributed by atoms with E-state index in [1.807, 2.05) is 28.9 Å². The van der Waals surface area contributed by atoms with Crippen LogP contribution in [0.25, 0.3) is 11.3 Å². The number of aryl methyl sites for hydroxylation is 1. The average molecular weight is 378 g/mol. The van der Waals surface area contributed by atoms with E-state index in [0.717, 1.165) is 34.6 Å². The van der Waals surface area contributed by atoms with Crippen LogP contribution < -0.4 is 5.73 Å². The summed E-state index contributed by atoms with van der Waals surface area (Å²) in [5.74, 6) is 0.551. The van der Waals surface area contributed by atoms with Crippen molar-refractivity contribution in [1.82, 2.24) is 9.66 Å². The van der Waals surface area contributed by atoms with Crippen LogP contribution in [0.3, 0.4) is 0 Å². The third kappa shape index (κ3) is 3.13. The molecule has 3 aromatic carbocycles. The lowest BCUT2D eigenvalue weighted by Crippen LogP contribution is -2.21. The Balaban J connectivity index is 1.73. The zero-order chi connectivity index (χ0) is 19.8. The SMILES string of the molecule is Cc1ccc(-c2nc(N)n3c2C(c2ccccc2)CC(c2ccccc2)=N3)cc1. The second-order valence-electron chi connectivity index (χ2n) is 7.46. The Hall–Kier alpha value is -3.66. The predicted molar refractivity (Wildman–Crippen MR) is 118 cm³/mol. The maximum Gasteiger partial charge on any atom is 0.222 e. The van der Waals surface area contributed by atoms with Crippen LogP contribution in [-0.4, -0.2) is 15.4 Å². The second-order valence-corrected chi connectivity index (χ2v) is 7.46.